The molecule has 0 unspecified atom stereocenters. The second-order valence-electron chi connectivity index (χ2n) is 12.2. The number of aryl methyl sites for hydroxylation is 1. The lowest BCUT2D eigenvalue weighted by atomic mass is 9.92. The lowest BCUT2D eigenvalue weighted by Crippen LogP contribution is -2.37. The van der Waals surface area contributed by atoms with Gasteiger partial charge in [0.05, 0.1) is 35.4 Å². The summed E-state index contributed by atoms with van der Waals surface area (Å²) in [6.45, 7) is 1.55. The second-order valence-corrected chi connectivity index (χ2v) is 15.2. The monoisotopic (exact) mass is 743 g/mol. The number of carbonyl (C=O) groups is 1. The van der Waals surface area contributed by atoms with Crippen LogP contribution in [0.2, 0.25) is 0 Å². The summed E-state index contributed by atoms with van der Waals surface area (Å²) in [5.41, 5.74) is 4.49. The Morgan fingerprint density at radius 2 is 1.79 bits per heavy atom. The Bertz CT molecular complexity index is 2200. The van der Waals surface area contributed by atoms with E-state index in [-0.39, 0.29) is 49.7 Å². The molecular formula is C38H37N3O9S2. The summed E-state index contributed by atoms with van der Waals surface area (Å²) < 4.78 is 57.4. The Morgan fingerprint density at radius 3 is 2.56 bits per heavy atom. The number of sulfonamides is 1. The van der Waals surface area contributed by atoms with Crippen molar-refractivity contribution in [2.24, 2.45) is 0 Å². The number of nitrogens with one attached hydrogen (secondary N) is 1. The standard InChI is InChI=1S/C38H37N3O9S2/c1-24-3-13-31-35(19-24)51-38(40-31)25-4-7-28(8-5-25)39-37(43)34-21-27(26-6-14-32-33(20-26)49-23-48-32)22-36(50-34)47-18-16-41(15-17-42)52(44,45)30-11-9-29(46-2)10-12-30/h3-14,19-21,27,36,42H,15-18,22-23H2,1-2H3,(H,39,43)/t27-,36+/m1/s1. The largest absolute Gasteiger partial charge is 0.497 e. The summed E-state index contributed by atoms with van der Waals surface area (Å²) in [7, 11) is -2.45. The fourth-order valence-corrected chi connectivity index (χ4v) is 8.47. The first-order valence-electron chi connectivity index (χ1n) is 16.6. The van der Waals surface area contributed by atoms with Gasteiger partial charge in [0.15, 0.2) is 17.3 Å². The first-order chi connectivity index (χ1) is 25.2. The number of hydrogen-bond donors (Lipinski definition) is 2. The van der Waals surface area contributed by atoms with Crippen molar-refractivity contribution in [2.45, 2.75) is 30.4 Å². The third-order valence-electron chi connectivity index (χ3n) is 8.73. The third kappa shape index (κ3) is 7.76. The zero-order valence-corrected chi connectivity index (χ0v) is 30.1. The maximum atomic E-state index is 13.6. The number of benzene rings is 4. The van der Waals surface area contributed by atoms with E-state index in [9.17, 15) is 18.3 Å². The number of rotatable bonds is 13. The highest BCUT2D eigenvalue weighted by atomic mass is 32.2. The number of amides is 1. The van der Waals surface area contributed by atoms with Crippen LogP contribution in [0.25, 0.3) is 20.8 Å². The summed E-state index contributed by atoms with van der Waals surface area (Å²) >= 11 is 1.61. The molecule has 1 aromatic heterocycles. The molecule has 0 saturated heterocycles. The first-order valence-corrected chi connectivity index (χ1v) is 18.9. The molecule has 5 aromatic rings. The van der Waals surface area contributed by atoms with Crippen LogP contribution < -0.4 is 19.5 Å². The summed E-state index contributed by atoms with van der Waals surface area (Å²) in [4.78, 5) is 18.5. The van der Waals surface area contributed by atoms with E-state index in [1.807, 2.05) is 54.6 Å². The molecule has 3 heterocycles. The minimum atomic E-state index is -3.95. The predicted octanol–water partition coefficient (Wildman–Crippen LogP) is 6.06. The lowest BCUT2D eigenvalue weighted by molar-refractivity contribution is -0.143. The van der Waals surface area contributed by atoms with Crippen LogP contribution in [-0.2, 0) is 24.3 Å². The van der Waals surface area contributed by atoms with Crippen LogP contribution in [0, 0.1) is 6.92 Å². The van der Waals surface area contributed by atoms with Crippen LogP contribution in [0.4, 0.5) is 5.69 Å². The number of allylic oxidation sites excluding steroid dienone is 1. The number of aliphatic hydroxyl groups is 1. The Kier molecular flexibility index (Phi) is 10.4. The van der Waals surface area contributed by atoms with Gasteiger partial charge in [-0.2, -0.15) is 4.31 Å². The molecule has 7 rings (SSSR count). The minimum Gasteiger partial charge on any atom is -0.497 e. The van der Waals surface area contributed by atoms with E-state index in [0.717, 1.165) is 30.7 Å². The van der Waals surface area contributed by atoms with Gasteiger partial charge in [0.25, 0.3) is 5.91 Å². The van der Waals surface area contributed by atoms with Gasteiger partial charge in [0.2, 0.25) is 23.1 Å². The molecule has 0 radical (unpaired) electrons. The molecule has 2 aliphatic rings. The van der Waals surface area contributed by atoms with Gasteiger partial charge in [-0.05, 0) is 96.9 Å². The molecule has 0 aliphatic carbocycles. The Balaban J connectivity index is 1.06. The Labute approximate surface area is 305 Å². The summed E-state index contributed by atoms with van der Waals surface area (Å²) in [5.74, 6) is 1.06. The summed E-state index contributed by atoms with van der Waals surface area (Å²) in [6, 6.07) is 25.2. The topological polar surface area (TPSA) is 146 Å². The van der Waals surface area contributed by atoms with Crippen LogP contribution in [-0.4, -0.2) is 75.2 Å². The molecule has 270 valence electrons. The average molecular weight is 744 g/mol. The normalized spacial score (nSPS) is 16.8. The fourth-order valence-electron chi connectivity index (χ4n) is 5.99. The zero-order chi connectivity index (χ0) is 36.2. The van der Waals surface area contributed by atoms with Crippen molar-refractivity contribution < 1.29 is 42.0 Å². The number of ether oxygens (including phenoxy) is 5. The molecule has 0 saturated carbocycles. The van der Waals surface area contributed by atoms with Gasteiger partial charge in [-0.15, -0.1) is 11.3 Å². The first kappa shape index (κ1) is 35.4. The number of anilines is 1. The Morgan fingerprint density at radius 1 is 1.00 bits per heavy atom. The van der Waals surface area contributed by atoms with Crippen molar-refractivity contribution in [2.75, 3.05) is 45.5 Å². The smallest absolute Gasteiger partial charge is 0.290 e. The second kappa shape index (κ2) is 15.3. The van der Waals surface area contributed by atoms with E-state index in [2.05, 4.69) is 18.3 Å². The van der Waals surface area contributed by atoms with Crippen LogP contribution in [0.1, 0.15) is 23.5 Å². The van der Waals surface area contributed by atoms with Crippen molar-refractivity contribution in [3.05, 3.63) is 108 Å². The number of fused-ring (bicyclic) bond motifs is 2. The van der Waals surface area contributed by atoms with Crippen molar-refractivity contribution in [1.29, 1.82) is 0 Å². The van der Waals surface area contributed by atoms with E-state index in [1.165, 1.54) is 24.8 Å². The van der Waals surface area contributed by atoms with Crippen molar-refractivity contribution in [3.8, 4) is 27.8 Å². The van der Waals surface area contributed by atoms with Crippen LogP contribution in [0.15, 0.2) is 102 Å². The molecular weight excluding hydrogens is 707 g/mol. The van der Waals surface area contributed by atoms with Gasteiger partial charge in [-0.25, -0.2) is 13.4 Å². The van der Waals surface area contributed by atoms with Gasteiger partial charge < -0.3 is 34.1 Å². The summed E-state index contributed by atoms with van der Waals surface area (Å²) in [6.07, 6.45) is 1.21. The van der Waals surface area contributed by atoms with E-state index in [4.69, 9.17) is 28.7 Å². The number of aliphatic hydroxyl groups excluding tert-OH is 1. The number of methoxy groups -OCH3 is 1. The van der Waals surface area contributed by atoms with Crippen molar-refractivity contribution >= 4 is 43.2 Å². The Hall–Kier alpha value is -4.99. The molecule has 0 spiro atoms. The fraction of sp³-hybridized carbons (Fsp3) is 0.263. The van der Waals surface area contributed by atoms with E-state index in [1.54, 1.807) is 29.5 Å². The molecule has 2 aliphatic heterocycles. The van der Waals surface area contributed by atoms with E-state index >= 15 is 0 Å². The van der Waals surface area contributed by atoms with Crippen LogP contribution >= 0.6 is 11.3 Å². The number of aromatic nitrogens is 1. The average Bonchev–Trinajstić information content (AvgIpc) is 3.81. The van der Waals surface area contributed by atoms with Crippen LogP contribution in [0.3, 0.4) is 0 Å². The van der Waals surface area contributed by atoms with E-state index < -0.39 is 22.2 Å². The van der Waals surface area contributed by atoms with Crippen LogP contribution in [0.5, 0.6) is 17.2 Å². The van der Waals surface area contributed by atoms with Crippen molar-refractivity contribution in [1.82, 2.24) is 9.29 Å². The number of nitrogens with zero attached hydrogens (tertiary/aromatic N) is 2. The molecule has 12 nitrogen and oxygen atoms in total. The van der Waals surface area contributed by atoms with Crippen molar-refractivity contribution in [3.63, 3.8) is 0 Å². The molecule has 2 N–H and O–H groups in total. The molecule has 14 heteroatoms. The zero-order valence-electron chi connectivity index (χ0n) is 28.5. The molecule has 2 atom stereocenters. The van der Waals surface area contributed by atoms with Gasteiger partial charge in [-0.3, -0.25) is 4.79 Å². The highest BCUT2D eigenvalue weighted by Crippen LogP contribution is 2.39. The van der Waals surface area contributed by atoms with Gasteiger partial charge in [0.1, 0.15) is 10.8 Å². The highest BCUT2D eigenvalue weighted by molar-refractivity contribution is 7.89. The number of carbonyl (C=O) groups excluding carboxylic acids is 1. The molecule has 0 bridgehead atoms. The molecule has 1 amide bonds. The number of thiazole rings is 1. The van der Waals surface area contributed by atoms with Gasteiger partial charge in [-0.1, -0.05) is 12.1 Å². The lowest BCUT2D eigenvalue weighted by Gasteiger charge is -2.30. The van der Waals surface area contributed by atoms with Gasteiger partial charge >= 0.3 is 0 Å². The molecule has 52 heavy (non-hydrogen) atoms. The van der Waals surface area contributed by atoms with E-state index in [0.29, 0.717) is 29.4 Å². The van der Waals surface area contributed by atoms with Gasteiger partial charge in [0, 0.05) is 36.7 Å². The number of hydrogen-bond acceptors (Lipinski definition) is 11. The third-order valence-corrected chi connectivity index (χ3v) is 11.7. The minimum absolute atomic E-state index is 0.0580. The molecule has 0 fully saturated rings. The maximum Gasteiger partial charge on any atom is 0.290 e. The maximum absolute atomic E-state index is 13.6. The quantitative estimate of drug-likeness (QED) is 0.146. The highest BCUT2D eigenvalue weighted by Gasteiger charge is 2.31. The SMILES string of the molecule is COc1ccc(S(=O)(=O)N(CCO)CCO[C@@H]2C[C@H](c3ccc4c(c3)OCO4)C=C(C(=O)Nc3ccc(-c4nc5ccc(C)cc5s4)cc3)O2)cc1. The molecule has 4 aromatic carbocycles. The summed E-state index contributed by atoms with van der Waals surface area (Å²) in [5, 5.41) is 13.5. The predicted molar refractivity (Wildman–Crippen MR) is 196 cm³/mol.